The van der Waals surface area contributed by atoms with E-state index in [1.807, 2.05) is 6.07 Å². The van der Waals surface area contributed by atoms with Crippen molar-refractivity contribution in [1.29, 1.82) is 0 Å². The van der Waals surface area contributed by atoms with Crippen LogP contribution >= 0.6 is 11.6 Å². The van der Waals surface area contributed by atoms with Gasteiger partial charge in [0.2, 0.25) is 0 Å². The van der Waals surface area contributed by atoms with Crippen LogP contribution in [-0.2, 0) is 0 Å². The van der Waals surface area contributed by atoms with Crippen molar-refractivity contribution < 1.29 is 9.90 Å². The minimum absolute atomic E-state index is 0.294. The quantitative estimate of drug-likeness (QED) is 0.842. The molecular formula is C13H16ClNO2. The number of aliphatic hydroxyl groups excluding tert-OH is 1. The maximum absolute atomic E-state index is 11.3. The van der Waals surface area contributed by atoms with Crippen molar-refractivity contribution in [2.45, 2.75) is 19.3 Å². The number of ketones is 1. The molecule has 0 aliphatic carbocycles. The van der Waals surface area contributed by atoms with Crippen molar-refractivity contribution in [3.63, 3.8) is 0 Å². The highest BCUT2D eigenvalue weighted by atomic mass is 35.5. The predicted molar refractivity (Wildman–Crippen MR) is 68.9 cm³/mol. The molecule has 0 saturated carbocycles. The number of nitrogens with zero attached hydrogens (tertiary/aromatic N) is 1. The number of Topliss-reactive ketones (excluding diaryl/α,β-unsaturated/α-hetero) is 1. The van der Waals surface area contributed by atoms with E-state index in [0.717, 1.165) is 18.8 Å². The average Bonchev–Trinajstić information content (AvgIpc) is 2.38. The summed E-state index contributed by atoms with van der Waals surface area (Å²) in [6.07, 6.45) is 3.65. The Morgan fingerprint density at radius 2 is 2.00 bits per heavy atom. The minimum atomic E-state index is -0.473. The van der Waals surface area contributed by atoms with E-state index in [9.17, 15) is 4.79 Å². The van der Waals surface area contributed by atoms with Crippen molar-refractivity contribution >= 4 is 23.1 Å². The number of benzene rings is 1. The smallest absolute Gasteiger partial charge is 0.188 e. The third-order valence-corrected chi connectivity index (χ3v) is 3.41. The maximum Gasteiger partial charge on any atom is 0.188 e. The van der Waals surface area contributed by atoms with Gasteiger partial charge in [0, 0.05) is 18.7 Å². The number of anilines is 1. The first-order valence-corrected chi connectivity index (χ1v) is 6.28. The molecule has 3 nitrogen and oxygen atoms in total. The second-order valence-corrected chi connectivity index (χ2v) is 4.70. The van der Waals surface area contributed by atoms with Gasteiger partial charge in [-0.2, -0.15) is 0 Å². The number of rotatable bonds is 3. The van der Waals surface area contributed by atoms with Crippen LogP contribution in [0.25, 0.3) is 0 Å². The van der Waals surface area contributed by atoms with Gasteiger partial charge in [0.25, 0.3) is 0 Å². The molecular weight excluding hydrogens is 238 g/mol. The molecule has 1 heterocycles. The molecule has 1 aliphatic rings. The van der Waals surface area contributed by atoms with E-state index in [2.05, 4.69) is 4.90 Å². The summed E-state index contributed by atoms with van der Waals surface area (Å²) in [5.74, 6) is -0.294. The van der Waals surface area contributed by atoms with Gasteiger partial charge in [-0.3, -0.25) is 4.79 Å². The zero-order valence-corrected chi connectivity index (χ0v) is 10.4. The van der Waals surface area contributed by atoms with Crippen LogP contribution in [0.2, 0.25) is 5.02 Å². The fraction of sp³-hybridized carbons (Fsp3) is 0.462. The molecule has 0 bridgehead atoms. The van der Waals surface area contributed by atoms with Gasteiger partial charge in [-0.25, -0.2) is 0 Å². The van der Waals surface area contributed by atoms with Gasteiger partial charge in [0.15, 0.2) is 5.78 Å². The molecule has 1 fully saturated rings. The zero-order valence-electron chi connectivity index (χ0n) is 9.66. The van der Waals surface area contributed by atoms with Crippen LogP contribution < -0.4 is 4.90 Å². The summed E-state index contributed by atoms with van der Waals surface area (Å²) >= 11 is 6.19. The number of halogens is 1. The van der Waals surface area contributed by atoms with E-state index in [-0.39, 0.29) is 5.78 Å². The number of aliphatic hydroxyl groups is 1. The molecule has 0 radical (unpaired) electrons. The molecule has 1 saturated heterocycles. The molecule has 17 heavy (non-hydrogen) atoms. The molecule has 2 rings (SSSR count). The van der Waals surface area contributed by atoms with Gasteiger partial charge >= 0.3 is 0 Å². The molecule has 0 aromatic heterocycles. The monoisotopic (exact) mass is 253 g/mol. The van der Waals surface area contributed by atoms with E-state index < -0.39 is 6.61 Å². The normalized spacial score (nSPS) is 16.0. The van der Waals surface area contributed by atoms with Crippen LogP contribution in [0.5, 0.6) is 0 Å². The van der Waals surface area contributed by atoms with Crippen LogP contribution in [0, 0.1) is 0 Å². The molecule has 1 aromatic carbocycles. The number of hydrogen-bond acceptors (Lipinski definition) is 3. The van der Waals surface area contributed by atoms with Crippen LogP contribution in [0.1, 0.15) is 29.6 Å². The minimum Gasteiger partial charge on any atom is -0.388 e. The molecule has 0 atom stereocenters. The lowest BCUT2D eigenvalue weighted by Gasteiger charge is -2.29. The Labute approximate surface area is 106 Å². The fourth-order valence-electron chi connectivity index (χ4n) is 2.16. The average molecular weight is 254 g/mol. The predicted octanol–water partition coefficient (Wildman–Crippen LogP) is 2.51. The van der Waals surface area contributed by atoms with Crippen LogP contribution in [0.4, 0.5) is 5.69 Å². The molecule has 1 N–H and O–H groups in total. The van der Waals surface area contributed by atoms with Gasteiger partial charge in [0.1, 0.15) is 6.61 Å². The van der Waals surface area contributed by atoms with E-state index in [0.29, 0.717) is 10.6 Å². The number of hydrogen-bond donors (Lipinski definition) is 1. The summed E-state index contributed by atoms with van der Waals surface area (Å²) < 4.78 is 0. The van der Waals surface area contributed by atoms with Gasteiger partial charge in [-0.1, -0.05) is 11.6 Å². The SMILES string of the molecule is O=C(CO)c1ccc(N2CCCCC2)c(Cl)c1. The molecule has 0 spiro atoms. The Morgan fingerprint density at radius 3 is 2.59 bits per heavy atom. The first-order valence-electron chi connectivity index (χ1n) is 5.91. The van der Waals surface area contributed by atoms with E-state index in [1.54, 1.807) is 12.1 Å². The van der Waals surface area contributed by atoms with Crippen LogP contribution in [-0.4, -0.2) is 30.6 Å². The summed E-state index contributed by atoms with van der Waals surface area (Å²) in [6, 6.07) is 5.25. The number of carbonyl (C=O) groups excluding carboxylic acids is 1. The lowest BCUT2D eigenvalue weighted by Crippen LogP contribution is -2.29. The lowest BCUT2D eigenvalue weighted by molar-refractivity contribution is 0.0904. The molecule has 4 heteroatoms. The van der Waals surface area contributed by atoms with Crippen LogP contribution in [0.15, 0.2) is 18.2 Å². The van der Waals surface area contributed by atoms with E-state index >= 15 is 0 Å². The Balaban J connectivity index is 2.21. The molecule has 92 valence electrons. The highest BCUT2D eigenvalue weighted by Gasteiger charge is 2.15. The van der Waals surface area contributed by atoms with Crippen molar-refractivity contribution in [2.24, 2.45) is 0 Å². The summed E-state index contributed by atoms with van der Waals surface area (Å²) in [4.78, 5) is 13.6. The topological polar surface area (TPSA) is 40.5 Å². The molecule has 0 amide bonds. The van der Waals surface area contributed by atoms with Crippen molar-refractivity contribution in [3.8, 4) is 0 Å². The Kier molecular flexibility index (Phi) is 4.02. The fourth-order valence-corrected chi connectivity index (χ4v) is 2.46. The van der Waals surface area contributed by atoms with E-state index in [4.69, 9.17) is 16.7 Å². The Bertz CT molecular complexity index is 414. The zero-order chi connectivity index (χ0) is 12.3. The largest absolute Gasteiger partial charge is 0.388 e. The summed E-state index contributed by atoms with van der Waals surface area (Å²) in [7, 11) is 0. The standard InChI is InChI=1S/C13H16ClNO2/c14-11-8-10(13(17)9-16)4-5-12(11)15-6-2-1-3-7-15/h4-5,8,16H,1-3,6-7,9H2. The molecule has 0 unspecified atom stereocenters. The lowest BCUT2D eigenvalue weighted by atomic mass is 10.1. The summed E-state index contributed by atoms with van der Waals surface area (Å²) in [6.45, 7) is 1.57. The van der Waals surface area contributed by atoms with Gasteiger partial charge in [-0.15, -0.1) is 0 Å². The van der Waals surface area contributed by atoms with Crippen molar-refractivity contribution in [1.82, 2.24) is 0 Å². The first kappa shape index (κ1) is 12.4. The Morgan fingerprint density at radius 1 is 1.29 bits per heavy atom. The second kappa shape index (κ2) is 5.52. The molecule has 1 aliphatic heterocycles. The van der Waals surface area contributed by atoms with Crippen molar-refractivity contribution in [2.75, 3.05) is 24.6 Å². The van der Waals surface area contributed by atoms with Crippen LogP contribution in [0.3, 0.4) is 0 Å². The second-order valence-electron chi connectivity index (χ2n) is 4.30. The van der Waals surface area contributed by atoms with Gasteiger partial charge < -0.3 is 10.0 Å². The summed E-state index contributed by atoms with van der Waals surface area (Å²) in [5, 5.41) is 9.38. The maximum atomic E-state index is 11.3. The number of piperidine rings is 1. The first-order chi connectivity index (χ1) is 8.22. The third-order valence-electron chi connectivity index (χ3n) is 3.11. The highest BCUT2D eigenvalue weighted by molar-refractivity contribution is 6.33. The van der Waals surface area contributed by atoms with E-state index in [1.165, 1.54) is 19.3 Å². The third kappa shape index (κ3) is 2.79. The highest BCUT2D eigenvalue weighted by Crippen LogP contribution is 2.29. The van der Waals surface area contributed by atoms with Crippen molar-refractivity contribution in [3.05, 3.63) is 28.8 Å². The van der Waals surface area contributed by atoms with Gasteiger partial charge in [0.05, 0.1) is 10.7 Å². The van der Waals surface area contributed by atoms with Gasteiger partial charge in [-0.05, 0) is 37.5 Å². The molecule has 1 aromatic rings. The summed E-state index contributed by atoms with van der Waals surface area (Å²) in [5.41, 5.74) is 1.46. The number of carbonyl (C=O) groups is 1. The Hall–Kier alpha value is -1.06.